The van der Waals surface area contributed by atoms with Crippen molar-refractivity contribution in [3.8, 4) is 5.75 Å². The van der Waals surface area contributed by atoms with Crippen LogP contribution >= 0.6 is 15.9 Å². The van der Waals surface area contributed by atoms with Gasteiger partial charge in [0, 0.05) is 19.6 Å². The topological polar surface area (TPSA) is 41.6 Å². The second kappa shape index (κ2) is 6.86. The number of rotatable bonds is 3. The van der Waals surface area contributed by atoms with Crippen LogP contribution in [-0.2, 0) is 4.79 Å². The Balaban J connectivity index is 1.86. The van der Waals surface area contributed by atoms with Gasteiger partial charge in [-0.3, -0.25) is 4.79 Å². The maximum Gasteiger partial charge on any atom is 0.260 e. The van der Waals surface area contributed by atoms with Crippen molar-refractivity contribution in [2.45, 2.75) is 6.42 Å². The summed E-state index contributed by atoms with van der Waals surface area (Å²) in [4.78, 5) is 13.8. The number of hydrogen-bond donors (Lipinski definition) is 1. The number of ether oxygens (including phenoxy) is 1. The Hall–Kier alpha value is -1.14. The van der Waals surface area contributed by atoms with E-state index in [4.69, 9.17) is 4.74 Å². The highest BCUT2D eigenvalue weighted by molar-refractivity contribution is 9.10. The number of nitrogens with zero attached hydrogens (tertiary/aromatic N) is 1. The average molecular weight is 331 g/mol. The molecule has 0 unspecified atom stereocenters. The lowest BCUT2D eigenvalue weighted by atomic mass is 10.3. The van der Waals surface area contributed by atoms with Gasteiger partial charge >= 0.3 is 0 Å². The van der Waals surface area contributed by atoms with Gasteiger partial charge in [0.1, 0.15) is 11.6 Å². The number of carbonyl (C=O) groups is 1. The molecule has 4 nitrogen and oxygen atoms in total. The molecule has 1 heterocycles. The molecule has 1 aromatic rings. The van der Waals surface area contributed by atoms with E-state index in [2.05, 4.69) is 21.2 Å². The number of amides is 1. The fourth-order valence-electron chi connectivity index (χ4n) is 1.90. The molecular weight excluding hydrogens is 315 g/mol. The van der Waals surface area contributed by atoms with Gasteiger partial charge in [-0.1, -0.05) is 0 Å². The van der Waals surface area contributed by atoms with E-state index in [-0.39, 0.29) is 18.3 Å². The zero-order chi connectivity index (χ0) is 13.7. The Labute approximate surface area is 120 Å². The summed E-state index contributed by atoms with van der Waals surface area (Å²) in [5.74, 6) is 0.0935. The number of hydrogen-bond acceptors (Lipinski definition) is 3. The summed E-state index contributed by atoms with van der Waals surface area (Å²) in [6, 6.07) is 4.34. The van der Waals surface area contributed by atoms with Crippen molar-refractivity contribution in [1.29, 1.82) is 0 Å². The van der Waals surface area contributed by atoms with Gasteiger partial charge in [-0.05, 0) is 47.1 Å². The molecule has 0 saturated carbocycles. The quantitative estimate of drug-likeness (QED) is 0.918. The van der Waals surface area contributed by atoms with Crippen LogP contribution in [0.4, 0.5) is 4.39 Å². The lowest BCUT2D eigenvalue weighted by Gasteiger charge is -2.20. The number of carbonyl (C=O) groups excluding carboxylic acids is 1. The van der Waals surface area contributed by atoms with Gasteiger partial charge in [0.15, 0.2) is 6.61 Å². The molecule has 1 aromatic carbocycles. The van der Waals surface area contributed by atoms with Gasteiger partial charge in [0.2, 0.25) is 0 Å². The molecule has 0 radical (unpaired) electrons. The van der Waals surface area contributed by atoms with Crippen LogP contribution < -0.4 is 10.1 Å². The van der Waals surface area contributed by atoms with E-state index in [0.29, 0.717) is 16.8 Å². The van der Waals surface area contributed by atoms with Crippen molar-refractivity contribution < 1.29 is 13.9 Å². The SMILES string of the molecule is O=C(COc1ccc(F)c(Br)c1)N1CCCNCC1. The van der Waals surface area contributed by atoms with E-state index >= 15 is 0 Å². The van der Waals surface area contributed by atoms with Gasteiger partial charge in [0.05, 0.1) is 4.47 Å². The third-order valence-corrected chi connectivity index (χ3v) is 3.55. The molecule has 1 fully saturated rings. The summed E-state index contributed by atoms with van der Waals surface area (Å²) in [5.41, 5.74) is 0. The first-order valence-corrected chi connectivity index (χ1v) is 7.02. The molecule has 1 aliphatic rings. The second-order valence-electron chi connectivity index (χ2n) is 4.35. The summed E-state index contributed by atoms with van der Waals surface area (Å²) in [6.07, 6.45) is 0.952. The van der Waals surface area contributed by atoms with Crippen molar-refractivity contribution in [1.82, 2.24) is 10.2 Å². The Kier molecular flexibility index (Phi) is 5.15. The summed E-state index contributed by atoms with van der Waals surface area (Å²) in [5, 5.41) is 3.24. The smallest absolute Gasteiger partial charge is 0.260 e. The van der Waals surface area contributed by atoms with Gasteiger partial charge in [0.25, 0.3) is 5.91 Å². The Morgan fingerprint density at radius 1 is 1.42 bits per heavy atom. The third-order valence-electron chi connectivity index (χ3n) is 2.95. The maximum absolute atomic E-state index is 13.0. The van der Waals surface area contributed by atoms with Crippen LogP contribution in [0.5, 0.6) is 5.75 Å². The number of halogens is 2. The maximum atomic E-state index is 13.0. The fourth-order valence-corrected chi connectivity index (χ4v) is 2.26. The predicted molar refractivity (Wildman–Crippen MR) is 73.7 cm³/mol. The Morgan fingerprint density at radius 2 is 2.26 bits per heavy atom. The van der Waals surface area contributed by atoms with E-state index in [1.54, 1.807) is 4.90 Å². The van der Waals surface area contributed by atoms with E-state index in [9.17, 15) is 9.18 Å². The van der Waals surface area contributed by atoms with Gasteiger partial charge in [-0.25, -0.2) is 4.39 Å². The minimum Gasteiger partial charge on any atom is -0.484 e. The standard InChI is InChI=1S/C13H16BrFN2O2/c14-11-8-10(2-3-12(11)15)19-9-13(18)17-6-1-4-16-5-7-17/h2-3,8,16H,1,4-7,9H2. The first-order chi connectivity index (χ1) is 9.16. The normalized spacial score (nSPS) is 16.0. The summed E-state index contributed by atoms with van der Waals surface area (Å²) >= 11 is 3.08. The van der Waals surface area contributed by atoms with Gasteiger partial charge in [-0.2, -0.15) is 0 Å². The predicted octanol–water partition coefficient (Wildman–Crippen LogP) is 1.79. The lowest BCUT2D eigenvalue weighted by Crippen LogP contribution is -2.37. The van der Waals surface area contributed by atoms with Crippen molar-refractivity contribution in [2.75, 3.05) is 32.8 Å². The van der Waals surface area contributed by atoms with Crippen LogP contribution in [0.25, 0.3) is 0 Å². The van der Waals surface area contributed by atoms with Crippen LogP contribution in [0.3, 0.4) is 0 Å². The summed E-state index contributed by atoms with van der Waals surface area (Å²) in [7, 11) is 0. The van der Waals surface area contributed by atoms with Crippen molar-refractivity contribution in [2.24, 2.45) is 0 Å². The Bertz CT molecular complexity index is 448. The molecule has 104 valence electrons. The molecule has 0 spiro atoms. The highest BCUT2D eigenvalue weighted by Crippen LogP contribution is 2.21. The van der Waals surface area contributed by atoms with Crippen LogP contribution in [0.1, 0.15) is 6.42 Å². The van der Waals surface area contributed by atoms with Crippen LogP contribution in [0.2, 0.25) is 0 Å². The van der Waals surface area contributed by atoms with Crippen LogP contribution in [0.15, 0.2) is 22.7 Å². The lowest BCUT2D eigenvalue weighted by molar-refractivity contribution is -0.133. The highest BCUT2D eigenvalue weighted by Gasteiger charge is 2.15. The largest absolute Gasteiger partial charge is 0.484 e. The number of benzene rings is 1. The monoisotopic (exact) mass is 330 g/mol. The zero-order valence-corrected chi connectivity index (χ0v) is 12.1. The molecule has 1 saturated heterocycles. The second-order valence-corrected chi connectivity index (χ2v) is 5.20. The molecule has 0 bridgehead atoms. The van der Waals surface area contributed by atoms with Crippen LogP contribution in [-0.4, -0.2) is 43.6 Å². The third kappa shape index (κ3) is 4.18. The van der Waals surface area contributed by atoms with E-state index in [1.807, 2.05) is 0 Å². The molecule has 6 heteroatoms. The molecular formula is C13H16BrFN2O2. The molecule has 1 aliphatic heterocycles. The zero-order valence-electron chi connectivity index (χ0n) is 10.5. The first-order valence-electron chi connectivity index (χ1n) is 6.23. The first kappa shape index (κ1) is 14.3. The molecule has 1 amide bonds. The summed E-state index contributed by atoms with van der Waals surface area (Å²) in [6.45, 7) is 3.19. The number of nitrogens with one attached hydrogen (secondary N) is 1. The highest BCUT2D eigenvalue weighted by atomic mass is 79.9. The minimum atomic E-state index is -0.350. The van der Waals surface area contributed by atoms with Gasteiger partial charge < -0.3 is 15.0 Å². The van der Waals surface area contributed by atoms with Crippen molar-refractivity contribution >= 4 is 21.8 Å². The molecule has 0 aliphatic carbocycles. The molecule has 2 rings (SSSR count). The van der Waals surface area contributed by atoms with E-state index in [1.165, 1.54) is 18.2 Å². The van der Waals surface area contributed by atoms with Crippen molar-refractivity contribution in [3.05, 3.63) is 28.5 Å². The van der Waals surface area contributed by atoms with E-state index in [0.717, 1.165) is 26.1 Å². The molecule has 19 heavy (non-hydrogen) atoms. The fraction of sp³-hybridized carbons (Fsp3) is 0.462. The van der Waals surface area contributed by atoms with Crippen LogP contribution in [0, 0.1) is 5.82 Å². The molecule has 0 atom stereocenters. The molecule has 0 aromatic heterocycles. The summed E-state index contributed by atoms with van der Waals surface area (Å²) < 4.78 is 18.8. The average Bonchev–Trinajstić information content (AvgIpc) is 2.69. The Morgan fingerprint density at radius 3 is 3.05 bits per heavy atom. The molecule has 1 N–H and O–H groups in total. The van der Waals surface area contributed by atoms with Crippen molar-refractivity contribution in [3.63, 3.8) is 0 Å². The van der Waals surface area contributed by atoms with E-state index < -0.39 is 0 Å². The van der Waals surface area contributed by atoms with Gasteiger partial charge in [-0.15, -0.1) is 0 Å². The minimum absolute atomic E-state index is 0.0158.